The lowest BCUT2D eigenvalue weighted by Crippen LogP contribution is -1.93. The highest BCUT2D eigenvalue weighted by atomic mass is 16.5. The van der Waals surface area contributed by atoms with Crippen molar-refractivity contribution in [3.8, 4) is 11.5 Å². The number of nitrogen functional groups attached to an aromatic ring is 1. The van der Waals surface area contributed by atoms with Gasteiger partial charge in [-0.2, -0.15) is 0 Å². The molecule has 2 heteroatoms. The minimum absolute atomic E-state index is 0.725. The summed E-state index contributed by atoms with van der Waals surface area (Å²) >= 11 is 0. The molecule has 0 bridgehead atoms. The Morgan fingerprint density at radius 3 is 2.50 bits per heavy atom. The fourth-order valence-corrected chi connectivity index (χ4v) is 1.57. The highest BCUT2D eigenvalue weighted by Crippen LogP contribution is 2.27. The van der Waals surface area contributed by atoms with Gasteiger partial charge in [-0.1, -0.05) is 31.2 Å². The number of hydrogen-bond donors (Lipinski definition) is 1. The number of benzene rings is 2. The Labute approximate surface area is 95.7 Å². The Kier molecular flexibility index (Phi) is 3.10. The largest absolute Gasteiger partial charge is 0.457 e. The zero-order chi connectivity index (χ0) is 11.4. The first kappa shape index (κ1) is 10.6. The summed E-state index contributed by atoms with van der Waals surface area (Å²) in [6.45, 7) is 2.10. The van der Waals surface area contributed by atoms with Gasteiger partial charge in [0.05, 0.1) is 0 Å². The minimum Gasteiger partial charge on any atom is -0.457 e. The van der Waals surface area contributed by atoms with Crippen molar-refractivity contribution in [1.29, 1.82) is 0 Å². The molecule has 0 atom stereocenters. The third-order valence-corrected chi connectivity index (χ3v) is 2.44. The summed E-state index contributed by atoms with van der Waals surface area (Å²) in [5, 5.41) is 0. The van der Waals surface area contributed by atoms with Gasteiger partial charge in [0, 0.05) is 11.8 Å². The third kappa shape index (κ3) is 2.34. The number of hydrogen-bond acceptors (Lipinski definition) is 2. The van der Waals surface area contributed by atoms with Crippen molar-refractivity contribution in [3.63, 3.8) is 0 Å². The van der Waals surface area contributed by atoms with E-state index in [4.69, 9.17) is 10.5 Å². The Hall–Kier alpha value is -1.96. The molecule has 0 aliphatic heterocycles. The van der Waals surface area contributed by atoms with Gasteiger partial charge >= 0.3 is 0 Å². The van der Waals surface area contributed by atoms with Gasteiger partial charge < -0.3 is 10.5 Å². The maximum absolute atomic E-state index is 5.80. The second-order valence-corrected chi connectivity index (χ2v) is 3.64. The first-order valence-electron chi connectivity index (χ1n) is 5.41. The first-order chi connectivity index (χ1) is 7.79. The number of anilines is 1. The van der Waals surface area contributed by atoms with E-state index in [1.165, 1.54) is 0 Å². The van der Waals surface area contributed by atoms with Gasteiger partial charge in [-0.05, 0) is 30.2 Å². The lowest BCUT2D eigenvalue weighted by molar-refractivity contribution is 0.477. The van der Waals surface area contributed by atoms with Gasteiger partial charge in [0.25, 0.3) is 0 Å². The summed E-state index contributed by atoms with van der Waals surface area (Å²) in [5.74, 6) is 1.68. The number of nitrogens with two attached hydrogens (primary N) is 1. The van der Waals surface area contributed by atoms with Crippen molar-refractivity contribution in [1.82, 2.24) is 0 Å². The van der Waals surface area contributed by atoms with Crippen LogP contribution in [0, 0.1) is 0 Å². The number of para-hydroxylation sites is 1. The third-order valence-electron chi connectivity index (χ3n) is 2.44. The average molecular weight is 213 g/mol. The fourth-order valence-electron chi connectivity index (χ4n) is 1.57. The molecule has 0 aliphatic rings. The zero-order valence-electron chi connectivity index (χ0n) is 9.31. The molecular weight excluding hydrogens is 198 g/mol. The number of ether oxygens (including phenoxy) is 1. The van der Waals surface area contributed by atoms with Crippen LogP contribution in [0.2, 0.25) is 0 Å². The summed E-state index contributed by atoms with van der Waals surface area (Å²) in [5.41, 5.74) is 7.65. The summed E-state index contributed by atoms with van der Waals surface area (Å²) in [6.07, 6.45) is 0.933. The molecule has 2 nitrogen and oxygen atoms in total. The van der Waals surface area contributed by atoms with Gasteiger partial charge in [0.15, 0.2) is 0 Å². The molecule has 16 heavy (non-hydrogen) atoms. The monoisotopic (exact) mass is 213 g/mol. The fraction of sp³-hybridized carbons (Fsp3) is 0.143. The Bertz CT molecular complexity index is 465. The molecule has 0 amide bonds. The van der Waals surface area contributed by atoms with E-state index in [0.29, 0.717) is 0 Å². The van der Waals surface area contributed by atoms with Crippen LogP contribution in [0.1, 0.15) is 12.5 Å². The van der Waals surface area contributed by atoms with Crippen LogP contribution in [0.3, 0.4) is 0 Å². The van der Waals surface area contributed by atoms with Crippen LogP contribution in [0.15, 0.2) is 48.5 Å². The highest BCUT2D eigenvalue weighted by molar-refractivity contribution is 5.49. The van der Waals surface area contributed by atoms with Crippen molar-refractivity contribution in [3.05, 3.63) is 54.1 Å². The molecule has 2 aromatic rings. The van der Waals surface area contributed by atoms with Gasteiger partial charge in [0.2, 0.25) is 0 Å². The van der Waals surface area contributed by atoms with E-state index < -0.39 is 0 Å². The summed E-state index contributed by atoms with van der Waals surface area (Å²) < 4.78 is 5.80. The van der Waals surface area contributed by atoms with Crippen LogP contribution < -0.4 is 10.5 Å². The van der Waals surface area contributed by atoms with Crippen molar-refractivity contribution in [2.45, 2.75) is 13.3 Å². The molecule has 0 unspecified atom stereocenters. The molecule has 0 aromatic heterocycles. The van der Waals surface area contributed by atoms with E-state index in [9.17, 15) is 0 Å². The molecule has 0 radical (unpaired) electrons. The molecule has 0 spiro atoms. The summed E-state index contributed by atoms with van der Waals surface area (Å²) in [7, 11) is 0. The minimum atomic E-state index is 0.725. The number of rotatable bonds is 3. The maximum Gasteiger partial charge on any atom is 0.132 e. The Morgan fingerprint density at radius 1 is 1.06 bits per heavy atom. The molecule has 0 heterocycles. The lowest BCUT2D eigenvalue weighted by Gasteiger charge is -2.10. The van der Waals surface area contributed by atoms with Crippen LogP contribution in [-0.2, 0) is 6.42 Å². The summed E-state index contributed by atoms with van der Waals surface area (Å²) in [4.78, 5) is 0. The second-order valence-electron chi connectivity index (χ2n) is 3.64. The smallest absolute Gasteiger partial charge is 0.132 e. The predicted octanol–water partition coefficient (Wildman–Crippen LogP) is 3.62. The van der Waals surface area contributed by atoms with Gasteiger partial charge in [-0.25, -0.2) is 0 Å². The van der Waals surface area contributed by atoms with Crippen LogP contribution >= 0.6 is 0 Å². The molecule has 82 valence electrons. The molecule has 0 saturated heterocycles. The normalized spacial score (nSPS) is 10.1. The molecular formula is C14H15NO. The van der Waals surface area contributed by atoms with E-state index in [1.807, 2.05) is 48.5 Å². The van der Waals surface area contributed by atoms with Crippen LogP contribution in [0.25, 0.3) is 0 Å². The standard InChI is InChI=1S/C14H15NO/c1-2-11-8-9-12(15)10-14(11)16-13-6-4-3-5-7-13/h3-10H,2,15H2,1H3. The molecule has 0 saturated carbocycles. The topological polar surface area (TPSA) is 35.2 Å². The van der Waals surface area contributed by atoms with E-state index in [2.05, 4.69) is 6.92 Å². The van der Waals surface area contributed by atoms with E-state index in [-0.39, 0.29) is 0 Å². The van der Waals surface area contributed by atoms with Gasteiger partial charge in [0.1, 0.15) is 11.5 Å². The quantitative estimate of drug-likeness (QED) is 0.790. The van der Waals surface area contributed by atoms with Crippen molar-refractivity contribution in [2.24, 2.45) is 0 Å². The predicted molar refractivity (Wildman–Crippen MR) is 66.7 cm³/mol. The van der Waals surface area contributed by atoms with Crippen LogP contribution in [0.4, 0.5) is 5.69 Å². The average Bonchev–Trinajstić information content (AvgIpc) is 2.31. The van der Waals surface area contributed by atoms with Crippen molar-refractivity contribution >= 4 is 5.69 Å². The highest BCUT2D eigenvalue weighted by Gasteiger charge is 2.03. The zero-order valence-corrected chi connectivity index (χ0v) is 9.31. The summed E-state index contributed by atoms with van der Waals surface area (Å²) in [6, 6.07) is 15.5. The van der Waals surface area contributed by atoms with Gasteiger partial charge in [-0.15, -0.1) is 0 Å². The van der Waals surface area contributed by atoms with Crippen molar-refractivity contribution < 1.29 is 4.74 Å². The molecule has 0 fully saturated rings. The first-order valence-corrected chi connectivity index (χ1v) is 5.41. The number of aryl methyl sites for hydroxylation is 1. The SMILES string of the molecule is CCc1ccc(N)cc1Oc1ccccc1. The van der Waals surface area contributed by atoms with E-state index >= 15 is 0 Å². The Morgan fingerprint density at radius 2 is 1.81 bits per heavy atom. The van der Waals surface area contributed by atoms with E-state index in [1.54, 1.807) is 0 Å². The molecule has 0 aliphatic carbocycles. The lowest BCUT2D eigenvalue weighted by atomic mass is 10.1. The van der Waals surface area contributed by atoms with Crippen molar-refractivity contribution in [2.75, 3.05) is 5.73 Å². The second kappa shape index (κ2) is 4.71. The van der Waals surface area contributed by atoms with Crippen LogP contribution in [-0.4, -0.2) is 0 Å². The molecule has 2 aromatic carbocycles. The molecule has 2 N–H and O–H groups in total. The maximum atomic E-state index is 5.80. The van der Waals surface area contributed by atoms with Gasteiger partial charge in [-0.3, -0.25) is 0 Å². The van der Waals surface area contributed by atoms with Crippen LogP contribution in [0.5, 0.6) is 11.5 Å². The Balaban J connectivity index is 2.30. The van der Waals surface area contributed by atoms with E-state index in [0.717, 1.165) is 29.2 Å². The molecule has 2 rings (SSSR count).